The number of ether oxygens (including phenoxy) is 1. The quantitative estimate of drug-likeness (QED) is 0.479. The number of aryl methyl sites for hydroxylation is 3. The van der Waals surface area contributed by atoms with Crippen LogP contribution in [0, 0.1) is 13.8 Å². The zero-order chi connectivity index (χ0) is 18.5. The van der Waals surface area contributed by atoms with E-state index in [1.54, 1.807) is 0 Å². The minimum absolute atomic E-state index is 0.859. The Hall–Kier alpha value is -2.49. The fourth-order valence-electron chi connectivity index (χ4n) is 3.38. The van der Waals surface area contributed by atoms with Crippen LogP contribution in [0.4, 0.5) is 5.69 Å². The molecule has 3 aromatic rings. The van der Waals surface area contributed by atoms with Crippen LogP contribution in [0.1, 0.15) is 49.9 Å². The average Bonchev–Trinajstić information content (AvgIpc) is 3.01. The lowest BCUT2D eigenvalue weighted by Crippen LogP contribution is -1.99. The second kappa shape index (κ2) is 8.26. The topological polar surface area (TPSA) is 49.9 Å². The third-order valence-corrected chi connectivity index (χ3v) is 4.70. The van der Waals surface area contributed by atoms with Gasteiger partial charge in [-0.05, 0) is 75.1 Å². The standard InChI is InChI=1S/C22H29N3O/c1-5-7-8-9-20-19-14-18(10-11-21(19)25-24-20)26-22-15(3)12-17(23-6-2)13-16(22)4/h10-14,23H,5-9H2,1-4H3,(H,24,25). The highest BCUT2D eigenvalue weighted by molar-refractivity contribution is 5.83. The number of aromatic amines is 1. The van der Waals surface area contributed by atoms with Gasteiger partial charge < -0.3 is 10.1 Å². The molecule has 0 radical (unpaired) electrons. The van der Waals surface area contributed by atoms with Crippen LogP contribution in [0.5, 0.6) is 11.5 Å². The Morgan fingerprint density at radius 2 is 1.81 bits per heavy atom. The van der Waals surface area contributed by atoms with E-state index < -0.39 is 0 Å². The van der Waals surface area contributed by atoms with Gasteiger partial charge in [-0.1, -0.05) is 19.8 Å². The van der Waals surface area contributed by atoms with Crippen molar-refractivity contribution in [2.24, 2.45) is 0 Å². The molecule has 0 aliphatic heterocycles. The molecule has 0 aliphatic rings. The normalized spacial score (nSPS) is 11.1. The number of hydrogen-bond acceptors (Lipinski definition) is 3. The summed E-state index contributed by atoms with van der Waals surface area (Å²) in [5.74, 6) is 1.79. The number of fused-ring (bicyclic) bond motifs is 1. The van der Waals surface area contributed by atoms with E-state index in [-0.39, 0.29) is 0 Å². The predicted octanol–water partition coefficient (Wildman–Crippen LogP) is 6.14. The smallest absolute Gasteiger partial charge is 0.133 e. The first-order valence-corrected chi connectivity index (χ1v) is 9.62. The number of nitrogens with one attached hydrogen (secondary N) is 2. The Bertz CT molecular complexity index is 859. The monoisotopic (exact) mass is 351 g/mol. The summed E-state index contributed by atoms with van der Waals surface area (Å²) in [6, 6.07) is 10.4. The average molecular weight is 351 g/mol. The third kappa shape index (κ3) is 4.01. The summed E-state index contributed by atoms with van der Waals surface area (Å²) >= 11 is 0. The Balaban J connectivity index is 1.86. The molecular weight excluding hydrogens is 322 g/mol. The molecule has 26 heavy (non-hydrogen) atoms. The first-order chi connectivity index (χ1) is 12.6. The van der Waals surface area contributed by atoms with Gasteiger partial charge in [-0.15, -0.1) is 0 Å². The van der Waals surface area contributed by atoms with Gasteiger partial charge >= 0.3 is 0 Å². The third-order valence-electron chi connectivity index (χ3n) is 4.70. The summed E-state index contributed by atoms with van der Waals surface area (Å²) in [6.07, 6.45) is 4.68. The second-order valence-corrected chi connectivity index (χ2v) is 6.91. The molecule has 0 unspecified atom stereocenters. The molecule has 2 aromatic carbocycles. The maximum atomic E-state index is 6.26. The molecule has 2 N–H and O–H groups in total. The molecule has 0 amide bonds. The Kier molecular flexibility index (Phi) is 5.82. The molecule has 1 heterocycles. The number of benzene rings is 2. The van der Waals surface area contributed by atoms with Crippen LogP contribution in [0.2, 0.25) is 0 Å². The van der Waals surface area contributed by atoms with E-state index in [0.29, 0.717) is 0 Å². The molecule has 0 saturated carbocycles. The van der Waals surface area contributed by atoms with Crippen molar-refractivity contribution in [2.45, 2.75) is 53.4 Å². The van der Waals surface area contributed by atoms with E-state index in [0.717, 1.165) is 52.2 Å². The van der Waals surface area contributed by atoms with E-state index in [9.17, 15) is 0 Å². The van der Waals surface area contributed by atoms with Crippen LogP contribution in [0.25, 0.3) is 10.9 Å². The SMILES string of the molecule is CCCCCc1[nH]nc2ccc(Oc3c(C)cc(NCC)cc3C)cc12. The zero-order valence-electron chi connectivity index (χ0n) is 16.3. The van der Waals surface area contributed by atoms with Crippen LogP contribution >= 0.6 is 0 Å². The zero-order valence-corrected chi connectivity index (χ0v) is 16.3. The van der Waals surface area contributed by atoms with Crippen LogP contribution in [-0.4, -0.2) is 16.7 Å². The highest BCUT2D eigenvalue weighted by atomic mass is 16.5. The molecule has 0 aliphatic carbocycles. The van der Waals surface area contributed by atoms with Gasteiger partial charge in [-0.25, -0.2) is 0 Å². The molecule has 138 valence electrons. The van der Waals surface area contributed by atoms with Crippen LogP contribution in [0.3, 0.4) is 0 Å². The number of anilines is 1. The minimum Gasteiger partial charge on any atom is -0.457 e. The molecule has 3 rings (SSSR count). The molecular formula is C22H29N3O. The van der Waals surface area contributed by atoms with Crippen molar-refractivity contribution in [3.8, 4) is 11.5 Å². The lowest BCUT2D eigenvalue weighted by molar-refractivity contribution is 0.476. The number of hydrogen-bond donors (Lipinski definition) is 2. The molecule has 4 nitrogen and oxygen atoms in total. The van der Waals surface area contributed by atoms with Gasteiger partial charge in [0, 0.05) is 23.3 Å². The number of unbranched alkanes of at least 4 members (excludes halogenated alkanes) is 2. The number of rotatable bonds is 8. The Morgan fingerprint density at radius 3 is 2.50 bits per heavy atom. The summed E-state index contributed by atoms with van der Waals surface area (Å²) in [5.41, 5.74) is 5.61. The van der Waals surface area contributed by atoms with E-state index in [4.69, 9.17) is 4.74 Å². The molecule has 1 aromatic heterocycles. The maximum absolute atomic E-state index is 6.26. The number of aromatic nitrogens is 2. The summed E-state index contributed by atoms with van der Waals surface area (Å²) in [4.78, 5) is 0. The molecule has 4 heteroatoms. The van der Waals surface area contributed by atoms with E-state index in [1.165, 1.54) is 25.0 Å². The van der Waals surface area contributed by atoms with E-state index >= 15 is 0 Å². The molecule has 0 atom stereocenters. The summed E-state index contributed by atoms with van der Waals surface area (Å²) in [6.45, 7) is 9.43. The molecule has 0 spiro atoms. The fraction of sp³-hybridized carbons (Fsp3) is 0.409. The first kappa shape index (κ1) is 18.3. The van der Waals surface area contributed by atoms with Gasteiger partial charge in [0.25, 0.3) is 0 Å². The number of H-pyrrole nitrogens is 1. The largest absolute Gasteiger partial charge is 0.457 e. The lowest BCUT2D eigenvalue weighted by atomic mass is 10.1. The van der Waals surface area contributed by atoms with Gasteiger partial charge in [-0.2, -0.15) is 5.10 Å². The van der Waals surface area contributed by atoms with Crippen molar-refractivity contribution in [3.63, 3.8) is 0 Å². The van der Waals surface area contributed by atoms with E-state index in [1.807, 2.05) is 12.1 Å². The van der Waals surface area contributed by atoms with Crippen LogP contribution in [-0.2, 0) is 6.42 Å². The minimum atomic E-state index is 0.859. The molecule has 0 fully saturated rings. The number of nitrogens with zero attached hydrogens (tertiary/aromatic N) is 1. The van der Waals surface area contributed by atoms with Crippen molar-refractivity contribution >= 4 is 16.6 Å². The molecule has 0 bridgehead atoms. The van der Waals surface area contributed by atoms with Gasteiger partial charge in [0.15, 0.2) is 0 Å². The highest BCUT2D eigenvalue weighted by Gasteiger charge is 2.11. The fourth-order valence-corrected chi connectivity index (χ4v) is 3.38. The lowest BCUT2D eigenvalue weighted by Gasteiger charge is -2.14. The Labute approximate surface area is 156 Å². The summed E-state index contributed by atoms with van der Waals surface area (Å²) in [5, 5.41) is 12.1. The summed E-state index contributed by atoms with van der Waals surface area (Å²) < 4.78 is 6.26. The molecule has 0 saturated heterocycles. The van der Waals surface area contributed by atoms with Crippen molar-refractivity contribution < 1.29 is 4.74 Å². The van der Waals surface area contributed by atoms with E-state index in [2.05, 4.69) is 61.4 Å². The van der Waals surface area contributed by atoms with Gasteiger partial charge in [-0.3, -0.25) is 5.10 Å². The highest BCUT2D eigenvalue weighted by Crippen LogP contribution is 2.33. The van der Waals surface area contributed by atoms with Crippen molar-refractivity contribution in [2.75, 3.05) is 11.9 Å². The maximum Gasteiger partial charge on any atom is 0.133 e. The van der Waals surface area contributed by atoms with Gasteiger partial charge in [0.05, 0.1) is 5.52 Å². The predicted molar refractivity (Wildman–Crippen MR) is 109 cm³/mol. The van der Waals surface area contributed by atoms with Crippen LogP contribution in [0.15, 0.2) is 30.3 Å². The van der Waals surface area contributed by atoms with Gasteiger partial charge in [0.2, 0.25) is 0 Å². The first-order valence-electron chi connectivity index (χ1n) is 9.62. The van der Waals surface area contributed by atoms with Gasteiger partial charge in [0.1, 0.15) is 11.5 Å². The van der Waals surface area contributed by atoms with Crippen molar-refractivity contribution in [1.82, 2.24) is 10.2 Å². The van der Waals surface area contributed by atoms with Crippen molar-refractivity contribution in [1.29, 1.82) is 0 Å². The second-order valence-electron chi connectivity index (χ2n) is 6.91. The van der Waals surface area contributed by atoms with Crippen LogP contribution < -0.4 is 10.1 Å². The Morgan fingerprint density at radius 1 is 1.04 bits per heavy atom. The summed E-state index contributed by atoms with van der Waals surface area (Å²) in [7, 11) is 0. The van der Waals surface area contributed by atoms with Crippen molar-refractivity contribution in [3.05, 3.63) is 47.2 Å².